The van der Waals surface area contributed by atoms with Gasteiger partial charge in [-0.05, 0) is 36.5 Å². The van der Waals surface area contributed by atoms with Crippen LogP contribution in [0.2, 0.25) is 0 Å². The van der Waals surface area contributed by atoms with Crippen LogP contribution in [0.1, 0.15) is 38.2 Å². The van der Waals surface area contributed by atoms with Gasteiger partial charge in [0.15, 0.2) is 0 Å². The molecular weight excluding hydrogens is 266 g/mol. The van der Waals surface area contributed by atoms with Crippen LogP contribution in [0.3, 0.4) is 0 Å². The van der Waals surface area contributed by atoms with Crippen molar-refractivity contribution in [3.05, 3.63) is 29.8 Å². The zero-order chi connectivity index (χ0) is 15.1. The summed E-state index contributed by atoms with van der Waals surface area (Å²) < 4.78 is 11.4. The zero-order valence-electron chi connectivity index (χ0n) is 12.8. The highest BCUT2D eigenvalue weighted by atomic mass is 16.5. The molecule has 0 heterocycles. The number of hydrogen-bond acceptors (Lipinski definition) is 4. The molecular formula is C17H27NO3. The Labute approximate surface area is 127 Å². The molecule has 0 bridgehead atoms. The van der Waals surface area contributed by atoms with E-state index in [1.54, 1.807) is 0 Å². The summed E-state index contributed by atoms with van der Waals surface area (Å²) in [7, 11) is 0. The van der Waals surface area contributed by atoms with Crippen molar-refractivity contribution in [1.29, 1.82) is 0 Å². The highest BCUT2D eigenvalue weighted by Gasteiger charge is 2.22. The molecule has 0 saturated heterocycles. The number of ether oxygens (including phenoxy) is 2. The molecule has 3 atom stereocenters. The van der Waals surface area contributed by atoms with Crippen molar-refractivity contribution in [3.63, 3.8) is 0 Å². The minimum Gasteiger partial charge on any atom is -0.491 e. The number of rotatable bonds is 7. The SMILES string of the molecule is CC1CCCCC1OCC(O)COc1cccc(CN)c1. The van der Waals surface area contributed by atoms with Crippen LogP contribution in [0.5, 0.6) is 5.75 Å². The van der Waals surface area contributed by atoms with Crippen molar-refractivity contribution in [1.82, 2.24) is 0 Å². The van der Waals surface area contributed by atoms with Gasteiger partial charge in [-0.25, -0.2) is 0 Å². The second-order valence-electron chi connectivity index (χ2n) is 5.95. The van der Waals surface area contributed by atoms with E-state index in [4.69, 9.17) is 15.2 Å². The van der Waals surface area contributed by atoms with E-state index in [0.717, 1.165) is 17.7 Å². The molecule has 0 amide bonds. The fourth-order valence-corrected chi connectivity index (χ4v) is 2.77. The quantitative estimate of drug-likeness (QED) is 0.810. The Bertz CT molecular complexity index is 424. The molecule has 118 valence electrons. The number of nitrogens with two attached hydrogens (primary N) is 1. The molecule has 1 saturated carbocycles. The first-order chi connectivity index (χ1) is 10.2. The van der Waals surface area contributed by atoms with Gasteiger partial charge in [0.05, 0.1) is 12.7 Å². The molecule has 1 aliphatic rings. The summed E-state index contributed by atoms with van der Waals surface area (Å²) in [6, 6.07) is 7.63. The Kier molecular flexibility index (Phi) is 6.49. The van der Waals surface area contributed by atoms with Gasteiger partial charge in [-0.2, -0.15) is 0 Å². The molecule has 0 aliphatic heterocycles. The Morgan fingerprint density at radius 2 is 2.10 bits per heavy atom. The predicted molar refractivity (Wildman–Crippen MR) is 83.2 cm³/mol. The van der Waals surface area contributed by atoms with E-state index in [1.165, 1.54) is 19.3 Å². The van der Waals surface area contributed by atoms with E-state index >= 15 is 0 Å². The molecule has 1 fully saturated rings. The Morgan fingerprint density at radius 1 is 1.29 bits per heavy atom. The smallest absolute Gasteiger partial charge is 0.119 e. The molecule has 1 aromatic rings. The van der Waals surface area contributed by atoms with Gasteiger partial charge in [-0.1, -0.05) is 31.9 Å². The normalized spacial score (nSPS) is 23.8. The summed E-state index contributed by atoms with van der Waals surface area (Å²) in [6.45, 7) is 3.30. The first-order valence-electron chi connectivity index (χ1n) is 7.90. The highest BCUT2D eigenvalue weighted by molar-refractivity contribution is 5.28. The maximum absolute atomic E-state index is 9.98. The fraction of sp³-hybridized carbons (Fsp3) is 0.647. The van der Waals surface area contributed by atoms with Crippen LogP contribution in [-0.4, -0.2) is 30.5 Å². The van der Waals surface area contributed by atoms with E-state index in [1.807, 2.05) is 24.3 Å². The van der Waals surface area contributed by atoms with Crippen molar-refractivity contribution < 1.29 is 14.6 Å². The topological polar surface area (TPSA) is 64.7 Å². The van der Waals surface area contributed by atoms with Gasteiger partial charge in [-0.3, -0.25) is 0 Å². The maximum Gasteiger partial charge on any atom is 0.119 e. The lowest BCUT2D eigenvalue weighted by Gasteiger charge is -2.29. The predicted octanol–water partition coefficient (Wildman–Crippen LogP) is 2.48. The molecule has 2 rings (SSSR count). The molecule has 4 nitrogen and oxygen atoms in total. The van der Waals surface area contributed by atoms with Gasteiger partial charge >= 0.3 is 0 Å². The molecule has 21 heavy (non-hydrogen) atoms. The van der Waals surface area contributed by atoms with E-state index in [2.05, 4.69) is 6.92 Å². The Morgan fingerprint density at radius 3 is 2.86 bits per heavy atom. The van der Waals surface area contributed by atoms with E-state index in [0.29, 0.717) is 19.1 Å². The van der Waals surface area contributed by atoms with Gasteiger partial charge in [-0.15, -0.1) is 0 Å². The molecule has 1 aliphatic carbocycles. The van der Waals surface area contributed by atoms with Gasteiger partial charge in [0.2, 0.25) is 0 Å². The summed E-state index contributed by atoms with van der Waals surface area (Å²) >= 11 is 0. The van der Waals surface area contributed by atoms with E-state index < -0.39 is 6.10 Å². The third-order valence-corrected chi connectivity index (χ3v) is 4.11. The molecule has 0 aromatic heterocycles. The van der Waals surface area contributed by atoms with Gasteiger partial charge in [0.1, 0.15) is 18.5 Å². The van der Waals surface area contributed by atoms with Crippen LogP contribution < -0.4 is 10.5 Å². The van der Waals surface area contributed by atoms with E-state index in [9.17, 15) is 5.11 Å². The lowest BCUT2D eigenvalue weighted by Crippen LogP contribution is -2.31. The first kappa shape index (κ1) is 16.3. The Hall–Kier alpha value is -1.10. The van der Waals surface area contributed by atoms with Crippen LogP contribution in [0, 0.1) is 5.92 Å². The average molecular weight is 293 g/mol. The van der Waals surface area contributed by atoms with Gasteiger partial charge in [0, 0.05) is 6.54 Å². The second-order valence-corrected chi connectivity index (χ2v) is 5.95. The summed E-state index contributed by atoms with van der Waals surface area (Å²) in [6.07, 6.45) is 4.54. The standard InChI is InChI=1S/C17H27NO3/c1-13-5-2-3-8-17(13)21-12-15(19)11-20-16-7-4-6-14(9-16)10-18/h4,6-7,9,13,15,17,19H,2-3,5,8,10-12,18H2,1H3. The summed E-state index contributed by atoms with van der Waals surface area (Å²) in [5.41, 5.74) is 6.62. The maximum atomic E-state index is 9.98. The molecule has 0 radical (unpaired) electrons. The molecule has 0 spiro atoms. The molecule has 3 N–H and O–H groups in total. The fourth-order valence-electron chi connectivity index (χ4n) is 2.77. The lowest BCUT2D eigenvalue weighted by molar-refractivity contribution is -0.0553. The highest BCUT2D eigenvalue weighted by Crippen LogP contribution is 2.26. The third-order valence-electron chi connectivity index (χ3n) is 4.11. The summed E-state index contributed by atoms with van der Waals surface area (Å²) in [5, 5.41) is 9.98. The average Bonchev–Trinajstić information content (AvgIpc) is 2.52. The number of aliphatic hydroxyl groups is 1. The van der Waals surface area contributed by atoms with Crippen LogP contribution in [0.25, 0.3) is 0 Å². The lowest BCUT2D eigenvalue weighted by atomic mass is 9.88. The minimum absolute atomic E-state index is 0.245. The summed E-state index contributed by atoms with van der Waals surface area (Å²) in [5.74, 6) is 1.33. The largest absolute Gasteiger partial charge is 0.491 e. The molecule has 3 unspecified atom stereocenters. The zero-order valence-corrected chi connectivity index (χ0v) is 12.8. The molecule has 1 aromatic carbocycles. The third kappa shape index (κ3) is 5.30. The number of aliphatic hydroxyl groups excluding tert-OH is 1. The Balaban J connectivity index is 1.70. The van der Waals surface area contributed by atoms with Crippen LogP contribution in [0.4, 0.5) is 0 Å². The number of benzene rings is 1. The van der Waals surface area contributed by atoms with Crippen molar-refractivity contribution in [2.75, 3.05) is 13.2 Å². The molecule has 4 heteroatoms. The minimum atomic E-state index is -0.597. The number of hydrogen-bond donors (Lipinski definition) is 2. The monoisotopic (exact) mass is 293 g/mol. The van der Waals surface area contributed by atoms with Gasteiger partial charge < -0.3 is 20.3 Å². The van der Waals surface area contributed by atoms with Crippen molar-refractivity contribution in [3.8, 4) is 5.75 Å². The van der Waals surface area contributed by atoms with Crippen molar-refractivity contribution in [2.45, 2.75) is 51.4 Å². The van der Waals surface area contributed by atoms with Crippen LogP contribution in [0.15, 0.2) is 24.3 Å². The van der Waals surface area contributed by atoms with E-state index in [-0.39, 0.29) is 12.7 Å². The van der Waals surface area contributed by atoms with Crippen molar-refractivity contribution in [2.24, 2.45) is 11.7 Å². The van der Waals surface area contributed by atoms with Crippen LogP contribution >= 0.6 is 0 Å². The van der Waals surface area contributed by atoms with Gasteiger partial charge in [0.25, 0.3) is 0 Å². The second kappa shape index (κ2) is 8.37. The van der Waals surface area contributed by atoms with Crippen molar-refractivity contribution >= 4 is 0 Å². The summed E-state index contributed by atoms with van der Waals surface area (Å²) in [4.78, 5) is 0. The first-order valence-corrected chi connectivity index (χ1v) is 7.90. The van der Waals surface area contributed by atoms with Crippen LogP contribution in [-0.2, 0) is 11.3 Å².